The van der Waals surface area contributed by atoms with E-state index in [1.807, 2.05) is 24.3 Å². The van der Waals surface area contributed by atoms with Crippen molar-refractivity contribution in [3.8, 4) is 0 Å². The van der Waals surface area contributed by atoms with E-state index in [2.05, 4.69) is 26.1 Å². The lowest BCUT2D eigenvalue weighted by atomic mass is 9.87. The van der Waals surface area contributed by atoms with Crippen LogP contribution in [0.25, 0.3) is 0 Å². The molecule has 7 heteroatoms. The molecule has 0 aliphatic heterocycles. The summed E-state index contributed by atoms with van der Waals surface area (Å²) < 4.78 is 1.98. The summed E-state index contributed by atoms with van der Waals surface area (Å²) in [6.07, 6.45) is 0. The van der Waals surface area contributed by atoms with E-state index in [1.54, 1.807) is 6.92 Å². The summed E-state index contributed by atoms with van der Waals surface area (Å²) >= 11 is 0. The van der Waals surface area contributed by atoms with Crippen LogP contribution in [0.4, 0.5) is 11.5 Å². The minimum Gasteiger partial charge on any atom is -0.384 e. The van der Waals surface area contributed by atoms with Crippen LogP contribution >= 0.6 is 0 Å². The lowest BCUT2D eigenvalue weighted by Gasteiger charge is -2.20. The van der Waals surface area contributed by atoms with Crippen molar-refractivity contribution >= 4 is 17.3 Å². The molecule has 0 saturated heterocycles. The molecule has 0 aliphatic rings. The zero-order valence-electron chi connectivity index (χ0n) is 16.1. The summed E-state index contributed by atoms with van der Waals surface area (Å²) in [7, 11) is 2.75. The van der Waals surface area contributed by atoms with Crippen molar-refractivity contribution in [3.05, 3.63) is 56.2 Å². The van der Waals surface area contributed by atoms with Crippen LogP contribution in [0.1, 0.15) is 43.6 Å². The molecule has 1 aromatic heterocycles. The van der Waals surface area contributed by atoms with Gasteiger partial charge in [-0.15, -0.1) is 0 Å². The SMILES string of the molecule is C[C@H](Nc1ccc(C(C)(C)C)cc1)C(=O)c1c(N)n(C)c(=O)n(C)c1=O. The van der Waals surface area contributed by atoms with Crippen molar-refractivity contribution in [2.75, 3.05) is 11.1 Å². The molecule has 0 bridgehead atoms. The number of nitrogens with two attached hydrogens (primary N) is 1. The Morgan fingerprint density at radius 2 is 1.62 bits per heavy atom. The smallest absolute Gasteiger partial charge is 0.332 e. The van der Waals surface area contributed by atoms with Gasteiger partial charge in [-0.25, -0.2) is 4.79 Å². The number of nitrogen functional groups attached to an aromatic ring is 1. The van der Waals surface area contributed by atoms with Crippen molar-refractivity contribution in [2.45, 2.75) is 39.2 Å². The summed E-state index contributed by atoms with van der Waals surface area (Å²) in [6.45, 7) is 8.03. The second kappa shape index (κ2) is 6.82. The van der Waals surface area contributed by atoms with Crippen LogP contribution in [-0.4, -0.2) is 21.0 Å². The van der Waals surface area contributed by atoms with Gasteiger partial charge in [0.05, 0.1) is 6.04 Å². The Bertz CT molecular complexity index is 947. The molecular formula is C19H26N4O3. The van der Waals surface area contributed by atoms with Gasteiger partial charge in [-0.05, 0) is 30.0 Å². The lowest BCUT2D eigenvalue weighted by Crippen LogP contribution is -2.43. The Morgan fingerprint density at radius 1 is 1.08 bits per heavy atom. The second-order valence-electron chi connectivity index (χ2n) is 7.52. The molecule has 1 aromatic carbocycles. The van der Waals surface area contributed by atoms with Crippen molar-refractivity contribution in [2.24, 2.45) is 14.1 Å². The van der Waals surface area contributed by atoms with Crippen molar-refractivity contribution in [1.82, 2.24) is 9.13 Å². The van der Waals surface area contributed by atoms with E-state index in [1.165, 1.54) is 19.7 Å². The molecule has 7 nitrogen and oxygen atoms in total. The molecule has 0 saturated carbocycles. The first-order valence-electron chi connectivity index (χ1n) is 8.42. The van der Waals surface area contributed by atoms with Gasteiger partial charge in [0.25, 0.3) is 5.56 Å². The molecule has 0 radical (unpaired) electrons. The first-order chi connectivity index (χ1) is 11.9. The number of hydrogen-bond acceptors (Lipinski definition) is 5. The van der Waals surface area contributed by atoms with Crippen molar-refractivity contribution < 1.29 is 4.79 Å². The molecule has 1 heterocycles. The number of nitrogens with zero attached hydrogens (tertiary/aromatic N) is 2. The second-order valence-corrected chi connectivity index (χ2v) is 7.52. The fourth-order valence-corrected chi connectivity index (χ4v) is 2.69. The number of Topliss-reactive ketones (excluding diaryl/α,β-unsaturated/α-hetero) is 1. The summed E-state index contributed by atoms with van der Waals surface area (Å²) in [6, 6.07) is 7.11. The normalized spacial score (nSPS) is 12.7. The molecule has 0 unspecified atom stereocenters. The Hall–Kier alpha value is -2.83. The van der Waals surface area contributed by atoms with E-state index >= 15 is 0 Å². The topological polar surface area (TPSA) is 99.1 Å². The highest BCUT2D eigenvalue weighted by Crippen LogP contribution is 2.24. The molecule has 0 spiro atoms. The third-order valence-electron chi connectivity index (χ3n) is 4.48. The predicted molar refractivity (Wildman–Crippen MR) is 104 cm³/mol. The number of carbonyl (C=O) groups excluding carboxylic acids is 1. The maximum absolute atomic E-state index is 12.8. The van der Waals surface area contributed by atoms with Gasteiger partial charge >= 0.3 is 5.69 Å². The fraction of sp³-hybridized carbons (Fsp3) is 0.421. The average molecular weight is 358 g/mol. The van der Waals surface area contributed by atoms with Gasteiger partial charge in [0.2, 0.25) is 0 Å². The van der Waals surface area contributed by atoms with E-state index in [4.69, 9.17) is 5.73 Å². The molecule has 2 aromatic rings. The standard InChI is InChI=1S/C19H26N4O3/c1-11(21-13-9-7-12(8-10-13)19(2,3)4)15(24)14-16(20)22(5)18(26)23(6)17(14)25/h7-11,21H,20H2,1-6H3/t11-/m0/s1. The summed E-state index contributed by atoms with van der Waals surface area (Å²) in [5, 5.41) is 3.09. The number of ketones is 1. The van der Waals surface area contributed by atoms with Crippen LogP contribution in [0, 0.1) is 0 Å². The highest BCUT2D eigenvalue weighted by Gasteiger charge is 2.24. The molecule has 0 amide bonds. The molecule has 0 fully saturated rings. The molecule has 2 rings (SSSR count). The fourth-order valence-electron chi connectivity index (χ4n) is 2.69. The third-order valence-corrected chi connectivity index (χ3v) is 4.48. The molecule has 0 aliphatic carbocycles. The van der Waals surface area contributed by atoms with Crippen molar-refractivity contribution in [1.29, 1.82) is 0 Å². The van der Waals surface area contributed by atoms with Crippen LogP contribution in [0.5, 0.6) is 0 Å². The van der Waals surface area contributed by atoms with E-state index in [-0.39, 0.29) is 16.8 Å². The minimum atomic E-state index is -0.688. The van der Waals surface area contributed by atoms with Gasteiger partial charge in [-0.2, -0.15) is 0 Å². The number of aromatic nitrogens is 2. The van der Waals surface area contributed by atoms with E-state index < -0.39 is 23.1 Å². The number of carbonyl (C=O) groups is 1. The molecule has 26 heavy (non-hydrogen) atoms. The highest BCUT2D eigenvalue weighted by atomic mass is 16.2. The molecule has 3 N–H and O–H groups in total. The Labute approximate surface area is 152 Å². The van der Waals surface area contributed by atoms with Gasteiger partial charge in [-0.3, -0.25) is 18.7 Å². The van der Waals surface area contributed by atoms with Crippen LogP contribution in [0.2, 0.25) is 0 Å². The molecule has 1 atom stereocenters. The minimum absolute atomic E-state index is 0.0372. The quantitative estimate of drug-likeness (QED) is 0.810. The third kappa shape index (κ3) is 3.56. The summed E-state index contributed by atoms with van der Waals surface area (Å²) in [5.41, 5.74) is 6.40. The Morgan fingerprint density at radius 3 is 2.12 bits per heavy atom. The van der Waals surface area contributed by atoms with Gasteiger partial charge in [0, 0.05) is 19.8 Å². The maximum atomic E-state index is 12.8. The van der Waals surface area contributed by atoms with Crippen LogP contribution in [0.3, 0.4) is 0 Å². The Balaban J connectivity index is 2.32. The van der Waals surface area contributed by atoms with Gasteiger partial charge in [0.1, 0.15) is 11.4 Å². The number of nitrogens with one attached hydrogen (secondary N) is 1. The zero-order valence-corrected chi connectivity index (χ0v) is 16.1. The van der Waals surface area contributed by atoms with Gasteiger partial charge in [0.15, 0.2) is 5.78 Å². The van der Waals surface area contributed by atoms with E-state index in [0.717, 1.165) is 14.8 Å². The lowest BCUT2D eigenvalue weighted by molar-refractivity contribution is 0.0973. The van der Waals surface area contributed by atoms with Crippen LogP contribution in [0.15, 0.2) is 33.9 Å². The number of hydrogen-bond donors (Lipinski definition) is 2. The van der Waals surface area contributed by atoms with Crippen LogP contribution in [-0.2, 0) is 19.5 Å². The monoisotopic (exact) mass is 358 g/mol. The summed E-state index contributed by atoms with van der Waals surface area (Å²) in [5.74, 6) is -0.585. The molecule has 140 valence electrons. The molecular weight excluding hydrogens is 332 g/mol. The van der Waals surface area contributed by atoms with Gasteiger partial charge < -0.3 is 11.1 Å². The Kier molecular flexibility index (Phi) is 5.11. The van der Waals surface area contributed by atoms with E-state index in [9.17, 15) is 14.4 Å². The zero-order chi connectivity index (χ0) is 19.8. The van der Waals surface area contributed by atoms with Crippen molar-refractivity contribution in [3.63, 3.8) is 0 Å². The predicted octanol–water partition coefficient (Wildman–Crippen LogP) is 1.65. The number of rotatable bonds is 4. The van der Waals surface area contributed by atoms with Crippen LogP contribution < -0.4 is 22.3 Å². The first-order valence-corrected chi connectivity index (χ1v) is 8.42. The number of anilines is 2. The largest absolute Gasteiger partial charge is 0.384 e. The maximum Gasteiger partial charge on any atom is 0.332 e. The average Bonchev–Trinajstić information content (AvgIpc) is 2.58. The summed E-state index contributed by atoms with van der Waals surface area (Å²) in [4.78, 5) is 37.0. The van der Waals surface area contributed by atoms with E-state index in [0.29, 0.717) is 0 Å². The highest BCUT2D eigenvalue weighted by molar-refractivity contribution is 6.04. The number of benzene rings is 1. The van der Waals surface area contributed by atoms with Gasteiger partial charge in [-0.1, -0.05) is 32.9 Å². The first kappa shape index (κ1) is 19.5.